The number of hydrogen-bond acceptors (Lipinski definition) is 5. The van der Waals surface area contributed by atoms with E-state index in [2.05, 4.69) is 10.6 Å². The van der Waals surface area contributed by atoms with Crippen molar-refractivity contribution >= 4 is 28.8 Å². The molecule has 1 heterocycles. The summed E-state index contributed by atoms with van der Waals surface area (Å²) in [6, 6.07) is 15.2. The molecule has 2 aromatic carbocycles. The van der Waals surface area contributed by atoms with E-state index in [1.54, 1.807) is 39.0 Å². The molecule has 0 unspecified atom stereocenters. The first-order valence-electron chi connectivity index (χ1n) is 10.6. The summed E-state index contributed by atoms with van der Waals surface area (Å²) in [7, 11) is 0. The molecule has 0 fully saturated rings. The van der Waals surface area contributed by atoms with Crippen LogP contribution in [0.3, 0.4) is 0 Å². The second-order valence-corrected chi connectivity index (χ2v) is 8.15. The predicted octanol–water partition coefficient (Wildman–Crippen LogP) is 3.92. The summed E-state index contributed by atoms with van der Waals surface area (Å²) in [5.74, 6) is -1.09. The molecule has 168 valence electrons. The first kappa shape index (κ1) is 23.1. The molecule has 0 aliphatic carbocycles. The zero-order chi connectivity index (χ0) is 23.3. The van der Waals surface area contributed by atoms with Gasteiger partial charge >= 0.3 is 5.97 Å². The smallest absolute Gasteiger partial charge is 0.329 e. The fourth-order valence-corrected chi connectivity index (χ4v) is 3.31. The van der Waals surface area contributed by atoms with Crippen molar-refractivity contribution in [3.63, 3.8) is 0 Å². The van der Waals surface area contributed by atoms with Gasteiger partial charge in [-0.3, -0.25) is 9.59 Å². The van der Waals surface area contributed by atoms with Crippen LogP contribution in [0.15, 0.2) is 59.0 Å². The molecular formula is C25H28N2O5. The fourth-order valence-electron chi connectivity index (χ4n) is 3.31. The third-order valence-corrected chi connectivity index (χ3v) is 5.08. The zero-order valence-corrected chi connectivity index (χ0v) is 18.7. The number of rotatable bonds is 8. The fraction of sp³-hybridized carbons (Fsp3) is 0.320. The van der Waals surface area contributed by atoms with Crippen LogP contribution in [0.4, 0.5) is 0 Å². The van der Waals surface area contributed by atoms with Crippen molar-refractivity contribution in [2.75, 3.05) is 6.61 Å². The van der Waals surface area contributed by atoms with Crippen LogP contribution in [0.2, 0.25) is 0 Å². The molecule has 7 nitrogen and oxygen atoms in total. The Kier molecular flexibility index (Phi) is 7.30. The number of hydrogen-bond donors (Lipinski definition) is 2. The highest BCUT2D eigenvalue weighted by Crippen LogP contribution is 2.23. The van der Waals surface area contributed by atoms with Crippen molar-refractivity contribution in [1.29, 1.82) is 0 Å². The predicted molar refractivity (Wildman–Crippen MR) is 121 cm³/mol. The minimum absolute atomic E-state index is 0.214. The SMILES string of the molecule is Cc1cccc(C(=O)N[C@H](C(=O)OCC(=O)N[C@H](C)c2cc3ccccc3o2)C(C)C)c1. The van der Waals surface area contributed by atoms with E-state index in [-0.39, 0.29) is 11.8 Å². The molecule has 2 amide bonds. The van der Waals surface area contributed by atoms with Gasteiger partial charge in [0, 0.05) is 10.9 Å². The summed E-state index contributed by atoms with van der Waals surface area (Å²) >= 11 is 0. The zero-order valence-electron chi connectivity index (χ0n) is 18.7. The number of benzene rings is 2. The second-order valence-electron chi connectivity index (χ2n) is 8.15. The van der Waals surface area contributed by atoms with Crippen LogP contribution in [0.5, 0.6) is 0 Å². The largest absolute Gasteiger partial charge is 0.459 e. The maximum Gasteiger partial charge on any atom is 0.329 e. The van der Waals surface area contributed by atoms with Crippen molar-refractivity contribution in [2.24, 2.45) is 5.92 Å². The van der Waals surface area contributed by atoms with Crippen LogP contribution < -0.4 is 10.6 Å². The summed E-state index contributed by atoms with van der Waals surface area (Å²) in [5, 5.41) is 6.40. The van der Waals surface area contributed by atoms with Crippen molar-refractivity contribution < 1.29 is 23.5 Å². The van der Waals surface area contributed by atoms with Crippen LogP contribution in [0.1, 0.15) is 48.5 Å². The average molecular weight is 437 g/mol. The lowest BCUT2D eigenvalue weighted by atomic mass is 10.0. The molecule has 0 bridgehead atoms. The average Bonchev–Trinajstić information content (AvgIpc) is 3.20. The third kappa shape index (κ3) is 5.75. The molecular weight excluding hydrogens is 408 g/mol. The minimum atomic E-state index is -0.872. The lowest BCUT2D eigenvalue weighted by Gasteiger charge is -2.21. The van der Waals surface area contributed by atoms with E-state index < -0.39 is 30.6 Å². The molecule has 0 aliphatic rings. The van der Waals surface area contributed by atoms with Gasteiger partial charge in [-0.1, -0.05) is 49.7 Å². The Labute approximate surface area is 187 Å². The normalized spacial score (nSPS) is 12.9. The number of furan rings is 1. The molecule has 2 atom stereocenters. The third-order valence-electron chi connectivity index (χ3n) is 5.08. The molecule has 7 heteroatoms. The van der Waals surface area contributed by atoms with Gasteiger partial charge in [-0.15, -0.1) is 0 Å². The van der Waals surface area contributed by atoms with Gasteiger partial charge in [0.15, 0.2) is 6.61 Å². The first-order chi connectivity index (χ1) is 15.2. The highest BCUT2D eigenvalue weighted by Gasteiger charge is 2.27. The van der Waals surface area contributed by atoms with Crippen LogP contribution in [0, 0.1) is 12.8 Å². The number of carbonyl (C=O) groups excluding carboxylic acids is 3. The van der Waals surface area contributed by atoms with Gasteiger partial charge in [0.25, 0.3) is 11.8 Å². The van der Waals surface area contributed by atoms with Gasteiger partial charge in [0.1, 0.15) is 17.4 Å². The summed E-state index contributed by atoms with van der Waals surface area (Å²) in [6.45, 7) is 6.82. The van der Waals surface area contributed by atoms with Gasteiger partial charge in [-0.05, 0) is 44.0 Å². The molecule has 32 heavy (non-hydrogen) atoms. The Morgan fingerprint density at radius 2 is 1.72 bits per heavy atom. The second kappa shape index (κ2) is 10.1. The van der Waals surface area contributed by atoms with E-state index in [9.17, 15) is 14.4 Å². The molecule has 3 rings (SSSR count). The van der Waals surface area contributed by atoms with E-state index in [1.807, 2.05) is 43.3 Å². The summed E-state index contributed by atoms with van der Waals surface area (Å²) in [4.78, 5) is 37.4. The lowest BCUT2D eigenvalue weighted by Crippen LogP contribution is -2.46. The topological polar surface area (TPSA) is 97.6 Å². The number of ether oxygens (including phenoxy) is 1. The first-order valence-corrected chi connectivity index (χ1v) is 10.6. The number of esters is 1. The van der Waals surface area contributed by atoms with Crippen molar-refractivity contribution in [1.82, 2.24) is 10.6 Å². The number of aryl methyl sites for hydroxylation is 1. The van der Waals surface area contributed by atoms with E-state index in [1.165, 1.54) is 0 Å². The van der Waals surface area contributed by atoms with Crippen LogP contribution in [-0.2, 0) is 14.3 Å². The molecule has 0 radical (unpaired) electrons. The number of nitrogens with one attached hydrogen (secondary N) is 2. The maximum absolute atomic E-state index is 12.6. The summed E-state index contributed by atoms with van der Waals surface area (Å²) in [6.07, 6.45) is 0. The van der Waals surface area contributed by atoms with Gasteiger partial charge in [0.05, 0.1) is 6.04 Å². The van der Waals surface area contributed by atoms with Crippen molar-refractivity contribution in [3.05, 3.63) is 71.5 Å². The maximum atomic E-state index is 12.6. The lowest BCUT2D eigenvalue weighted by molar-refractivity contribution is -0.151. The summed E-state index contributed by atoms with van der Waals surface area (Å²) in [5.41, 5.74) is 2.14. The number of para-hydroxylation sites is 1. The quantitative estimate of drug-likeness (QED) is 0.522. The van der Waals surface area contributed by atoms with Crippen molar-refractivity contribution in [2.45, 2.75) is 39.8 Å². The van der Waals surface area contributed by atoms with Gasteiger partial charge in [-0.2, -0.15) is 0 Å². The Balaban J connectivity index is 1.54. The molecule has 0 saturated carbocycles. The Morgan fingerprint density at radius 1 is 0.969 bits per heavy atom. The van der Waals surface area contributed by atoms with E-state index in [0.717, 1.165) is 16.5 Å². The number of amides is 2. The Morgan fingerprint density at radius 3 is 2.41 bits per heavy atom. The Hall–Kier alpha value is -3.61. The number of carbonyl (C=O) groups is 3. The molecule has 3 aromatic rings. The van der Waals surface area contributed by atoms with E-state index in [0.29, 0.717) is 11.3 Å². The van der Waals surface area contributed by atoms with E-state index >= 15 is 0 Å². The van der Waals surface area contributed by atoms with E-state index in [4.69, 9.17) is 9.15 Å². The van der Waals surface area contributed by atoms with Crippen LogP contribution in [0.25, 0.3) is 11.0 Å². The molecule has 0 spiro atoms. The molecule has 2 N–H and O–H groups in total. The monoisotopic (exact) mass is 436 g/mol. The molecule has 1 aromatic heterocycles. The van der Waals surface area contributed by atoms with Crippen molar-refractivity contribution in [3.8, 4) is 0 Å². The highest BCUT2D eigenvalue weighted by atomic mass is 16.5. The van der Waals surface area contributed by atoms with Gasteiger partial charge < -0.3 is 19.8 Å². The standard InChI is InChI=1S/C25H28N2O5/c1-15(2)23(27-24(29)19-10-7-8-16(3)12-19)25(30)31-14-22(28)26-17(4)21-13-18-9-5-6-11-20(18)32-21/h5-13,15,17,23H,14H2,1-4H3,(H,26,28)(H,27,29)/t17-,23+/m1/s1. The Bertz CT molecular complexity index is 1090. The number of fused-ring (bicyclic) bond motifs is 1. The highest BCUT2D eigenvalue weighted by molar-refractivity contribution is 5.97. The van der Waals surface area contributed by atoms with Crippen LogP contribution >= 0.6 is 0 Å². The van der Waals surface area contributed by atoms with Gasteiger partial charge in [0.2, 0.25) is 0 Å². The molecule has 0 saturated heterocycles. The van der Waals surface area contributed by atoms with Gasteiger partial charge in [-0.25, -0.2) is 4.79 Å². The minimum Gasteiger partial charge on any atom is -0.459 e. The van der Waals surface area contributed by atoms with Crippen LogP contribution in [-0.4, -0.2) is 30.4 Å². The molecule has 0 aliphatic heterocycles. The summed E-state index contributed by atoms with van der Waals surface area (Å²) < 4.78 is 10.9.